The number of nitrogens with one attached hydrogen (secondary N) is 1. The van der Waals surface area contributed by atoms with E-state index in [1.165, 1.54) is 0 Å². The number of methoxy groups -OCH3 is 2. The maximum atomic E-state index is 5.46. The zero-order valence-corrected chi connectivity index (χ0v) is 13.7. The van der Waals surface area contributed by atoms with Crippen LogP contribution in [0.3, 0.4) is 0 Å². The molecule has 2 unspecified atom stereocenters. The van der Waals surface area contributed by atoms with E-state index in [-0.39, 0.29) is 12.2 Å². The van der Waals surface area contributed by atoms with E-state index in [0.29, 0.717) is 5.95 Å². The molecule has 20 heavy (non-hydrogen) atoms. The predicted molar refractivity (Wildman–Crippen MR) is 82.3 cm³/mol. The molecule has 0 aromatic carbocycles. The van der Waals surface area contributed by atoms with Gasteiger partial charge in [-0.05, 0) is 22.4 Å². The predicted octanol–water partition coefficient (Wildman–Crippen LogP) is 1.91. The van der Waals surface area contributed by atoms with Gasteiger partial charge in [0.2, 0.25) is 5.95 Å². The number of anilines is 2. The second kappa shape index (κ2) is 7.19. The summed E-state index contributed by atoms with van der Waals surface area (Å²) < 4.78 is 11.8. The van der Waals surface area contributed by atoms with Crippen molar-refractivity contribution in [2.45, 2.75) is 25.6 Å². The second-order valence-electron chi connectivity index (χ2n) is 4.75. The maximum absolute atomic E-state index is 5.46. The Labute approximate surface area is 128 Å². The molecule has 1 aromatic heterocycles. The minimum Gasteiger partial charge on any atom is -0.377 e. The third kappa shape index (κ3) is 3.39. The van der Waals surface area contributed by atoms with Gasteiger partial charge in [-0.3, -0.25) is 0 Å². The molecular weight excluding hydrogens is 324 g/mol. The molecule has 7 heteroatoms. The third-order valence-corrected chi connectivity index (χ3v) is 3.94. The lowest BCUT2D eigenvalue weighted by Crippen LogP contribution is -2.27. The van der Waals surface area contributed by atoms with Gasteiger partial charge < -0.3 is 19.7 Å². The summed E-state index contributed by atoms with van der Waals surface area (Å²) in [6.45, 7) is 4.50. The van der Waals surface area contributed by atoms with Crippen LogP contribution in [0.4, 0.5) is 11.8 Å². The highest BCUT2D eigenvalue weighted by Gasteiger charge is 2.34. The van der Waals surface area contributed by atoms with Crippen LogP contribution in [-0.2, 0) is 9.47 Å². The van der Waals surface area contributed by atoms with Crippen LogP contribution in [-0.4, -0.2) is 56.0 Å². The van der Waals surface area contributed by atoms with E-state index in [0.717, 1.165) is 36.3 Å². The summed E-state index contributed by atoms with van der Waals surface area (Å²) in [6.07, 6.45) is 2.95. The molecule has 112 valence electrons. The largest absolute Gasteiger partial charge is 0.377 e. The second-order valence-corrected chi connectivity index (χ2v) is 5.60. The number of ether oxygens (including phenoxy) is 2. The van der Waals surface area contributed by atoms with Gasteiger partial charge in [0.05, 0.1) is 4.47 Å². The fourth-order valence-electron chi connectivity index (χ4n) is 2.27. The number of halogens is 1. The smallest absolute Gasteiger partial charge is 0.224 e. The van der Waals surface area contributed by atoms with Gasteiger partial charge in [0, 0.05) is 40.1 Å². The summed E-state index contributed by atoms with van der Waals surface area (Å²) in [6, 6.07) is 0. The van der Waals surface area contributed by atoms with Crippen LogP contribution >= 0.6 is 15.9 Å². The number of hydrogen-bond donors (Lipinski definition) is 1. The van der Waals surface area contributed by atoms with Crippen molar-refractivity contribution in [1.29, 1.82) is 0 Å². The van der Waals surface area contributed by atoms with E-state index in [9.17, 15) is 0 Å². The molecule has 2 atom stereocenters. The molecule has 1 N–H and O–H groups in total. The minimum atomic E-state index is 0.0638. The van der Waals surface area contributed by atoms with Gasteiger partial charge in [0.1, 0.15) is 18.0 Å². The fourth-order valence-corrected chi connectivity index (χ4v) is 2.71. The SMILES string of the molecule is CCCNc1ncc(Br)c(N2CC(OC)C(OC)C2)n1. The summed E-state index contributed by atoms with van der Waals surface area (Å²) >= 11 is 3.52. The molecular formula is C13H21BrN4O2. The first kappa shape index (κ1) is 15.5. The van der Waals surface area contributed by atoms with Crippen LogP contribution in [0.2, 0.25) is 0 Å². The topological polar surface area (TPSA) is 59.5 Å². The first-order chi connectivity index (χ1) is 9.69. The normalized spacial score (nSPS) is 22.3. The number of aromatic nitrogens is 2. The Morgan fingerprint density at radius 3 is 2.55 bits per heavy atom. The van der Waals surface area contributed by atoms with Crippen LogP contribution in [0.5, 0.6) is 0 Å². The molecule has 0 spiro atoms. The fraction of sp³-hybridized carbons (Fsp3) is 0.692. The van der Waals surface area contributed by atoms with Gasteiger partial charge in [-0.25, -0.2) is 4.98 Å². The lowest BCUT2D eigenvalue weighted by Gasteiger charge is -2.19. The van der Waals surface area contributed by atoms with Crippen molar-refractivity contribution in [3.63, 3.8) is 0 Å². The van der Waals surface area contributed by atoms with Crippen molar-refractivity contribution in [2.24, 2.45) is 0 Å². The van der Waals surface area contributed by atoms with Crippen LogP contribution < -0.4 is 10.2 Å². The van der Waals surface area contributed by atoms with Gasteiger partial charge >= 0.3 is 0 Å². The summed E-state index contributed by atoms with van der Waals surface area (Å²) in [5, 5.41) is 3.20. The highest BCUT2D eigenvalue weighted by Crippen LogP contribution is 2.28. The Morgan fingerprint density at radius 1 is 1.35 bits per heavy atom. The maximum Gasteiger partial charge on any atom is 0.224 e. The van der Waals surface area contributed by atoms with E-state index in [2.05, 4.69) is 43.0 Å². The average molecular weight is 345 g/mol. The zero-order chi connectivity index (χ0) is 14.5. The molecule has 1 fully saturated rings. The molecule has 6 nitrogen and oxygen atoms in total. The van der Waals surface area contributed by atoms with Crippen LogP contribution in [0.1, 0.15) is 13.3 Å². The van der Waals surface area contributed by atoms with Crippen molar-refractivity contribution in [1.82, 2.24) is 9.97 Å². The van der Waals surface area contributed by atoms with Crippen LogP contribution in [0, 0.1) is 0 Å². The van der Waals surface area contributed by atoms with Crippen LogP contribution in [0.25, 0.3) is 0 Å². The standard InChI is InChI=1S/C13H21BrN4O2/c1-4-5-15-13-16-6-9(14)12(17-13)18-7-10(19-2)11(8-18)20-3/h6,10-11H,4-5,7-8H2,1-3H3,(H,15,16,17). The van der Waals surface area contributed by atoms with Crippen molar-refractivity contribution in [3.8, 4) is 0 Å². The van der Waals surface area contributed by atoms with Gasteiger partial charge in [-0.1, -0.05) is 6.92 Å². The molecule has 1 aromatic rings. The van der Waals surface area contributed by atoms with E-state index < -0.39 is 0 Å². The Hall–Kier alpha value is -0.920. The monoisotopic (exact) mass is 344 g/mol. The van der Waals surface area contributed by atoms with Crippen molar-refractivity contribution >= 4 is 27.7 Å². The number of hydrogen-bond acceptors (Lipinski definition) is 6. The summed E-state index contributed by atoms with van der Waals surface area (Å²) in [5.41, 5.74) is 0. The van der Waals surface area contributed by atoms with Gasteiger partial charge in [-0.2, -0.15) is 4.98 Å². The van der Waals surface area contributed by atoms with E-state index >= 15 is 0 Å². The highest BCUT2D eigenvalue weighted by molar-refractivity contribution is 9.10. The minimum absolute atomic E-state index is 0.0638. The third-order valence-electron chi connectivity index (χ3n) is 3.38. The average Bonchev–Trinajstić information content (AvgIpc) is 2.89. The zero-order valence-electron chi connectivity index (χ0n) is 12.1. The molecule has 1 aliphatic rings. The molecule has 0 aliphatic carbocycles. The Kier molecular flexibility index (Phi) is 5.56. The molecule has 2 rings (SSSR count). The molecule has 0 amide bonds. The van der Waals surface area contributed by atoms with Crippen molar-refractivity contribution < 1.29 is 9.47 Å². The number of nitrogens with zero attached hydrogens (tertiary/aromatic N) is 3. The first-order valence-electron chi connectivity index (χ1n) is 6.76. The molecule has 0 radical (unpaired) electrons. The van der Waals surface area contributed by atoms with Crippen molar-refractivity contribution in [2.75, 3.05) is 44.1 Å². The van der Waals surface area contributed by atoms with Gasteiger partial charge in [0.15, 0.2) is 0 Å². The summed E-state index contributed by atoms with van der Waals surface area (Å²) in [7, 11) is 3.42. The Bertz CT molecular complexity index is 434. The quantitative estimate of drug-likeness (QED) is 0.850. The molecule has 1 saturated heterocycles. The summed E-state index contributed by atoms with van der Waals surface area (Å²) in [4.78, 5) is 11.0. The van der Waals surface area contributed by atoms with E-state index in [1.54, 1.807) is 20.4 Å². The summed E-state index contributed by atoms with van der Waals surface area (Å²) in [5.74, 6) is 1.53. The molecule has 1 aliphatic heterocycles. The van der Waals surface area contributed by atoms with E-state index in [4.69, 9.17) is 9.47 Å². The molecule has 2 heterocycles. The lowest BCUT2D eigenvalue weighted by molar-refractivity contribution is -0.00461. The highest BCUT2D eigenvalue weighted by atomic mass is 79.9. The first-order valence-corrected chi connectivity index (χ1v) is 7.55. The van der Waals surface area contributed by atoms with Crippen molar-refractivity contribution in [3.05, 3.63) is 10.7 Å². The van der Waals surface area contributed by atoms with E-state index in [1.807, 2.05) is 0 Å². The van der Waals surface area contributed by atoms with Gasteiger partial charge in [0.25, 0.3) is 0 Å². The Morgan fingerprint density at radius 2 is 2.00 bits per heavy atom. The van der Waals surface area contributed by atoms with Crippen LogP contribution in [0.15, 0.2) is 10.7 Å². The molecule has 0 bridgehead atoms. The lowest BCUT2D eigenvalue weighted by atomic mass is 10.3. The number of rotatable bonds is 6. The Balaban J connectivity index is 2.15. The molecule has 0 saturated carbocycles. The van der Waals surface area contributed by atoms with Gasteiger partial charge in [-0.15, -0.1) is 0 Å².